The maximum Gasteiger partial charge on any atom is 0.257 e. The van der Waals surface area contributed by atoms with E-state index in [1.165, 1.54) is 4.68 Å². The van der Waals surface area contributed by atoms with E-state index >= 15 is 0 Å². The molecule has 0 spiro atoms. The lowest BCUT2D eigenvalue weighted by molar-refractivity contribution is 0.206. The van der Waals surface area contributed by atoms with Crippen molar-refractivity contribution in [2.24, 2.45) is 5.84 Å². The number of methoxy groups -OCH3 is 1. The zero-order valence-electron chi connectivity index (χ0n) is 10.8. The molecule has 2 aromatic heterocycles. The van der Waals surface area contributed by atoms with Crippen molar-refractivity contribution in [1.82, 2.24) is 24.7 Å². The highest BCUT2D eigenvalue weighted by Crippen LogP contribution is 2.10. The van der Waals surface area contributed by atoms with Gasteiger partial charge in [0.05, 0.1) is 6.61 Å². The van der Waals surface area contributed by atoms with Crippen LogP contribution in [0.1, 0.15) is 0 Å². The molecule has 9 heteroatoms. The number of aromatic nitrogens is 5. The predicted octanol–water partition coefficient (Wildman–Crippen LogP) is -0.574. The monoisotopic (exact) mass is 264 g/mol. The molecule has 0 fully saturated rings. The maximum atomic E-state index is 5.37. The minimum Gasteiger partial charge on any atom is -0.383 e. The van der Waals surface area contributed by atoms with Crippen molar-refractivity contribution < 1.29 is 4.74 Å². The Kier molecular flexibility index (Phi) is 4.21. The van der Waals surface area contributed by atoms with Gasteiger partial charge < -0.3 is 9.64 Å². The number of nitrogen functional groups attached to an aromatic ring is 1. The summed E-state index contributed by atoms with van der Waals surface area (Å²) in [5.74, 6) is 6.53. The molecular formula is C10H16N8O. The molecule has 0 unspecified atom stereocenters. The second-order valence-electron chi connectivity index (χ2n) is 3.77. The van der Waals surface area contributed by atoms with Crippen molar-refractivity contribution >= 4 is 11.9 Å². The highest BCUT2D eigenvalue weighted by Gasteiger charge is 2.11. The first-order chi connectivity index (χ1) is 9.24. The fourth-order valence-electron chi connectivity index (χ4n) is 1.41. The summed E-state index contributed by atoms with van der Waals surface area (Å²) in [5, 5.41) is 4.08. The standard InChI is InChI=1S/C10H16N8O/c1-17(6-7-19-2)9-13-8(16-11)14-10(15-9)18-5-3-4-12-18/h3-5H,6-7,11H2,1-2H3,(H,13,14,15,16). The zero-order chi connectivity index (χ0) is 13.7. The number of hydrazine groups is 1. The number of hydrogen-bond donors (Lipinski definition) is 2. The molecule has 2 heterocycles. The lowest BCUT2D eigenvalue weighted by atomic mass is 10.6. The fourth-order valence-corrected chi connectivity index (χ4v) is 1.41. The molecule has 0 radical (unpaired) electrons. The van der Waals surface area contributed by atoms with Crippen molar-refractivity contribution in [3.63, 3.8) is 0 Å². The Bertz CT molecular complexity index is 514. The second kappa shape index (κ2) is 6.07. The van der Waals surface area contributed by atoms with Gasteiger partial charge in [0, 0.05) is 33.1 Å². The van der Waals surface area contributed by atoms with Crippen LogP contribution in [0.3, 0.4) is 0 Å². The van der Waals surface area contributed by atoms with Gasteiger partial charge in [-0.3, -0.25) is 5.43 Å². The van der Waals surface area contributed by atoms with E-state index < -0.39 is 0 Å². The molecular weight excluding hydrogens is 248 g/mol. The normalized spacial score (nSPS) is 10.5. The van der Waals surface area contributed by atoms with Gasteiger partial charge >= 0.3 is 0 Å². The molecule has 0 atom stereocenters. The summed E-state index contributed by atoms with van der Waals surface area (Å²) in [5.41, 5.74) is 2.42. The molecule has 0 saturated carbocycles. The van der Waals surface area contributed by atoms with Crippen molar-refractivity contribution in [3.05, 3.63) is 18.5 Å². The first-order valence-electron chi connectivity index (χ1n) is 5.67. The van der Waals surface area contributed by atoms with Gasteiger partial charge in [0.1, 0.15) is 0 Å². The highest BCUT2D eigenvalue weighted by atomic mass is 16.5. The quantitative estimate of drug-likeness (QED) is 0.527. The van der Waals surface area contributed by atoms with Crippen molar-refractivity contribution in [1.29, 1.82) is 0 Å². The van der Waals surface area contributed by atoms with E-state index in [0.29, 0.717) is 25.0 Å². The molecule has 102 valence electrons. The molecule has 0 aliphatic heterocycles. The van der Waals surface area contributed by atoms with Crippen LogP contribution in [-0.2, 0) is 4.74 Å². The molecule has 3 N–H and O–H groups in total. The van der Waals surface area contributed by atoms with Crippen LogP contribution in [0.25, 0.3) is 5.95 Å². The van der Waals surface area contributed by atoms with Crippen molar-refractivity contribution in [2.75, 3.05) is 37.6 Å². The van der Waals surface area contributed by atoms with Crippen LogP contribution >= 0.6 is 0 Å². The largest absolute Gasteiger partial charge is 0.383 e. The predicted molar refractivity (Wildman–Crippen MR) is 69.9 cm³/mol. The summed E-state index contributed by atoms with van der Waals surface area (Å²) in [6, 6.07) is 1.79. The van der Waals surface area contributed by atoms with Gasteiger partial charge in [-0.15, -0.1) is 0 Å². The van der Waals surface area contributed by atoms with E-state index in [-0.39, 0.29) is 5.95 Å². The number of rotatable bonds is 6. The Labute approximate surface area is 110 Å². The summed E-state index contributed by atoms with van der Waals surface area (Å²) in [6.07, 6.45) is 3.39. The number of nitrogens with zero attached hydrogens (tertiary/aromatic N) is 6. The van der Waals surface area contributed by atoms with Crippen LogP contribution in [0.2, 0.25) is 0 Å². The average molecular weight is 264 g/mol. The molecule has 0 aliphatic rings. The van der Waals surface area contributed by atoms with Crippen molar-refractivity contribution in [3.8, 4) is 5.95 Å². The fraction of sp³-hybridized carbons (Fsp3) is 0.400. The van der Waals surface area contributed by atoms with Crippen LogP contribution in [0, 0.1) is 0 Å². The van der Waals surface area contributed by atoms with Gasteiger partial charge in [0.25, 0.3) is 5.95 Å². The molecule has 0 aromatic carbocycles. The second-order valence-corrected chi connectivity index (χ2v) is 3.77. The van der Waals surface area contributed by atoms with Gasteiger partial charge in [0.15, 0.2) is 0 Å². The molecule has 0 aliphatic carbocycles. The van der Waals surface area contributed by atoms with Crippen molar-refractivity contribution in [2.45, 2.75) is 0 Å². The average Bonchev–Trinajstić information content (AvgIpc) is 2.98. The molecule has 0 amide bonds. The number of ether oxygens (including phenoxy) is 1. The van der Waals surface area contributed by atoms with Crippen LogP contribution in [0.5, 0.6) is 0 Å². The lowest BCUT2D eigenvalue weighted by Crippen LogP contribution is -2.26. The molecule has 9 nitrogen and oxygen atoms in total. The minimum absolute atomic E-state index is 0.278. The highest BCUT2D eigenvalue weighted by molar-refractivity contribution is 5.38. The first kappa shape index (κ1) is 13.2. The Hall–Kier alpha value is -2.26. The summed E-state index contributed by atoms with van der Waals surface area (Å²) in [4.78, 5) is 14.5. The third kappa shape index (κ3) is 3.14. The molecule has 0 bridgehead atoms. The SMILES string of the molecule is COCCN(C)c1nc(NN)nc(-n2cccn2)n1. The van der Waals surface area contributed by atoms with E-state index in [2.05, 4.69) is 25.5 Å². The Morgan fingerprint density at radius 3 is 2.89 bits per heavy atom. The maximum absolute atomic E-state index is 5.37. The molecule has 0 saturated heterocycles. The number of likely N-dealkylation sites (N-methyl/N-ethyl adjacent to an activating group) is 1. The van der Waals surface area contributed by atoms with E-state index in [4.69, 9.17) is 10.6 Å². The van der Waals surface area contributed by atoms with Crippen LogP contribution < -0.4 is 16.2 Å². The van der Waals surface area contributed by atoms with E-state index in [0.717, 1.165) is 0 Å². The first-order valence-corrected chi connectivity index (χ1v) is 5.67. The van der Waals surface area contributed by atoms with Crippen LogP contribution in [-0.4, -0.2) is 52.0 Å². The summed E-state index contributed by atoms with van der Waals surface area (Å²) >= 11 is 0. The molecule has 2 rings (SSSR count). The van der Waals surface area contributed by atoms with Gasteiger partial charge in [-0.2, -0.15) is 20.1 Å². The zero-order valence-corrected chi connectivity index (χ0v) is 10.8. The summed E-state index contributed by atoms with van der Waals surface area (Å²) in [6.45, 7) is 1.23. The minimum atomic E-state index is 0.278. The topological polar surface area (TPSA) is 107 Å². The van der Waals surface area contributed by atoms with Gasteiger partial charge in [0.2, 0.25) is 11.9 Å². The van der Waals surface area contributed by atoms with E-state index in [9.17, 15) is 0 Å². The molecule has 19 heavy (non-hydrogen) atoms. The smallest absolute Gasteiger partial charge is 0.257 e. The Morgan fingerprint density at radius 2 is 2.26 bits per heavy atom. The van der Waals surface area contributed by atoms with Gasteiger partial charge in [-0.05, 0) is 6.07 Å². The summed E-state index contributed by atoms with van der Waals surface area (Å²) < 4.78 is 6.56. The number of nitrogens with two attached hydrogens (primary N) is 1. The molecule has 2 aromatic rings. The van der Waals surface area contributed by atoms with E-state index in [1.807, 2.05) is 11.9 Å². The number of hydrogen-bond acceptors (Lipinski definition) is 8. The van der Waals surface area contributed by atoms with E-state index in [1.54, 1.807) is 25.6 Å². The Morgan fingerprint density at radius 1 is 1.42 bits per heavy atom. The van der Waals surface area contributed by atoms with Gasteiger partial charge in [-0.1, -0.05) is 0 Å². The third-order valence-corrected chi connectivity index (χ3v) is 2.42. The summed E-state index contributed by atoms with van der Waals surface area (Å²) in [7, 11) is 3.50. The lowest BCUT2D eigenvalue weighted by Gasteiger charge is -2.17. The van der Waals surface area contributed by atoms with Crippen LogP contribution in [0.4, 0.5) is 11.9 Å². The van der Waals surface area contributed by atoms with Gasteiger partial charge in [-0.25, -0.2) is 10.5 Å². The number of nitrogens with one attached hydrogen (secondary N) is 1. The van der Waals surface area contributed by atoms with Crippen LogP contribution in [0.15, 0.2) is 18.5 Å². The third-order valence-electron chi connectivity index (χ3n) is 2.42. The Balaban J connectivity index is 2.31. The number of anilines is 2.